The molecule has 3 aromatic rings. The lowest BCUT2D eigenvalue weighted by Crippen LogP contribution is -2.44. The number of carboxylic acid groups (broad SMARTS) is 1. The van der Waals surface area contributed by atoms with Crippen LogP contribution >= 0.6 is 11.3 Å². The average Bonchev–Trinajstić information content (AvgIpc) is 3.39. The predicted molar refractivity (Wildman–Crippen MR) is 126 cm³/mol. The molecule has 1 aromatic heterocycles. The topological polar surface area (TPSA) is 127 Å². The highest BCUT2D eigenvalue weighted by Gasteiger charge is 2.29. The summed E-state index contributed by atoms with van der Waals surface area (Å²) in [4.78, 5) is 39.8. The second-order valence-electron chi connectivity index (χ2n) is 7.69. The van der Waals surface area contributed by atoms with E-state index in [2.05, 4.69) is 27.8 Å². The summed E-state index contributed by atoms with van der Waals surface area (Å²) in [5.74, 6) is -1.75. The number of carbonyl (C=O) groups excluding carboxylic acids is 2. The molecule has 1 aliphatic carbocycles. The number of ether oxygens (including phenoxy) is 2. The maximum atomic E-state index is 12.4. The quantitative estimate of drug-likeness (QED) is 0.428. The van der Waals surface area contributed by atoms with Crippen LogP contribution in [-0.2, 0) is 25.5 Å². The number of nitrogens with one attached hydrogen (secondary N) is 2. The Hall–Kier alpha value is -3.76. The molecule has 9 nitrogen and oxygen atoms in total. The number of aromatic nitrogens is 1. The van der Waals surface area contributed by atoms with Crippen LogP contribution in [0.5, 0.6) is 0 Å². The van der Waals surface area contributed by atoms with Crippen molar-refractivity contribution in [2.75, 3.05) is 25.6 Å². The zero-order chi connectivity index (χ0) is 24.1. The molecule has 2 amide bonds. The first-order valence-electron chi connectivity index (χ1n) is 10.5. The summed E-state index contributed by atoms with van der Waals surface area (Å²) in [6.07, 6.45) is -0.769. The number of carbonyl (C=O) groups is 3. The van der Waals surface area contributed by atoms with Crippen molar-refractivity contribution in [3.63, 3.8) is 0 Å². The second kappa shape index (κ2) is 10.4. The lowest BCUT2D eigenvalue weighted by atomic mass is 9.98. The molecular weight excluding hydrogens is 458 g/mol. The summed E-state index contributed by atoms with van der Waals surface area (Å²) in [5, 5.41) is 16.0. The third-order valence-electron chi connectivity index (χ3n) is 5.41. The first-order chi connectivity index (χ1) is 16.5. The Bertz CT molecular complexity index is 1170. The van der Waals surface area contributed by atoms with Crippen LogP contribution in [0.3, 0.4) is 0 Å². The highest BCUT2D eigenvalue weighted by molar-refractivity contribution is 7.13. The Morgan fingerprint density at radius 3 is 2.35 bits per heavy atom. The summed E-state index contributed by atoms with van der Waals surface area (Å²) < 4.78 is 10.3. The van der Waals surface area contributed by atoms with Gasteiger partial charge >= 0.3 is 12.1 Å². The van der Waals surface area contributed by atoms with E-state index in [0.717, 1.165) is 33.6 Å². The van der Waals surface area contributed by atoms with Crippen molar-refractivity contribution in [1.82, 2.24) is 10.3 Å². The maximum absolute atomic E-state index is 12.4. The predicted octanol–water partition coefficient (Wildman–Crippen LogP) is 3.26. The zero-order valence-electron chi connectivity index (χ0n) is 18.3. The van der Waals surface area contributed by atoms with Gasteiger partial charge in [0.15, 0.2) is 11.2 Å². The molecule has 0 radical (unpaired) electrons. The summed E-state index contributed by atoms with van der Waals surface area (Å²) >= 11 is 1.15. The van der Waals surface area contributed by atoms with Crippen LogP contribution in [0.1, 0.15) is 22.7 Å². The van der Waals surface area contributed by atoms with Crippen molar-refractivity contribution in [3.8, 4) is 11.1 Å². The zero-order valence-corrected chi connectivity index (χ0v) is 19.1. The van der Waals surface area contributed by atoms with E-state index in [4.69, 9.17) is 14.6 Å². The van der Waals surface area contributed by atoms with Gasteiger partial charge in [-0.3, -0.25) is 10.1 Å². The SMILES string of the molecule is COCC(NC(=O)Cc1csc(NC(=O)OCC2c3ccccc3-c3ccccc32)n1)C(=O)O. The maximum Gasteiger partial charge on any atom is 0.413 e. The first kappa shape index (κ1) is 23.4. The standard InChI is InChI=1S/C24H23N3O6S/c1-32-12-20(22(29)30)26-21(28)10-14-13-34-23(25-14)27-24(31)33-11-19-17-8-4-2-6-15(17)16-7-3-5-9-18(16)19/h2-9,13,19-20H,10-12H2,1H3,(H,26,28)(H,29,30)(H,25,27,31). The highest BCUT2D eigenvalue weighted by Crippen LogP contribution is 2.44. The van der Waals surface area contributed by atoms with E-state index in [1.165, 1.54) is 7.11 Å². The Kier molecular flexibility index (Phi) is 7.19. The fourth-order valence-electron chi connectivity index (χ4n) is 3.92. The van der Waals surface area contributed by atoms with Crippen molar-refractivity contribution in [2.24, 2.45) is 0 Å². The number of hydrogen-bond donors (Lipinski definition) is 3. The van der Waals surface area contributed by atoms with Crippen LogP contribution in [-0.4, -0.2) is 54.4 Å². The van der Waals surface area contributed by atoms with E-state index >= 15 is 0 Å². The lowest BCUT2D eigenvalue weighted by Gasteiger charge is -2.14. The third kappa shape index (κ3) is 5.24. The summed E-state index contributed by atoms with van der Waals surface area (Å²) in [6, 6.07) is 15.0. The number of fused-ring (bicyclic) bond motifs is 3. The van der Waals surface area contributed by atoms with Crippen LogP contribution in [0, 0.1) is 0 Å². The van der Waals surface area contributed by atoms with Gasteiger partial charge in [0.2, 0.25) is 5.91 Å². The van der Waals surface area contributed by atoms with Crippen LogP contribution in [0.2, 0.25) is 0 Å². The summed E-state index contributed by atoms with van der Waals surface area (Å²) in [6.45, 7) is 0.0311. The molecule has 1 unspecified atom stereocenters. The van der Waals surface area contributed by atoms with E-state index in [9.17, 15) is 14.4 Å². The van der Waals surface area contributed by atoms with Gasteiger partial charge in [-0.05, 0) is 22.3 Å². The Morgan fingerprint density at radius 2 is 1.74 bits per heavy atom. The Morgan fingerprint density at radius 1 is 1.09 bits per heavy atom. The molecular formula is C24H23N3O6S. The monoisotopic (exact) mass is 481 g/mol. The minimum absolute atomic E-state index is 0.0528. The molecule has 1 aliphatic rings. The molecule has 3 N–H and O–H groups in total. The van der Waals surface area contributed by atoms with Crippen molar-refractivity contribution in [1.29, 1.82) is 0 Å². The number of carboxylic acids is 1. The molecule has 34 heavy (non-hydrogen) atoms. The van der Waals surface area contributed by atoms with Gasteiger partial charge in [0, 0.05) is 18.4 Å². The van der Waals surface area contributed by atoms with Crippen LogP contribution < -0.4 is 10.6 Å². The number of amides is 2. The van der Waals surface area contributed by atoms with Gasteiger partial charge in [0.1, 0.15) is 6.61 Å². The molecule has 4 rings (SSSR count). The number of aliphatic carboxylic acids is 1. The second-order valence-corrected chi connectivity index (χ2v) is 8.54. The molecule has 0 bridgehead atoms. The molecule has 0 spiro atoms. The third-order valence-corrected chi connectivity index (χ3v) is 6.22. The molecule has 0 saturated carbocycles. The number of methoxy groups -OCH3 is 1. The number of benzene rings is 2. The number of rotatable bonds is 9. The molecule has 0 fully saturated rings. The fraction of sp³-hybridized carbons (Fsp3) is 0.250. The van der Waals surface area contributed by atoms with Crippen molar-refractivity contribution in [3.05, 3.63) is 70.7 Å². The van der Waals surface area contributed by atoms with Gasteiger partial charge in [-0.25, -0.2) is 14.6 Å². The van der Waals surface area contributed by atoms with Crippen molar-refractivity contribution < 1.29 is 29.0 Å². The number of thiazole rings is 1. The van der Waals surface area contributed by atoms with Crippen molar-refractivity contribution in [2.45, 2.75) is 18.4 Å². The molecule has 176 valence electrons. The normalized spacial score (nSPS) is 13.0. The van der Waals surface area contributed by atoms with Gasteiger partial charge in [-0.2, -0.15) is 0 Å². The van der Waals surface area contributed by atoms with Gasteiger partial charge in [0.05, 0.1) is 18.7 Å². The number of hydrogen-bond acceptors (Lipinski definition) is 7. The van der Waals surface area contributed by atoms with E-state index in [0.29, 0.717) is 5.69 Å². The summed E-state index contributed by atoms with van der Waals surface area (Å²) in [7, 11) is 1.35. The minimum Gasteiger partial charge on any atom is -0.480 e. The smallest absolute Gasteiger partial charge is 0.413 e. The van der Waals surface area contributed by atoms with Crippen LogP contribution in [0.25, 0.3) is 11.1 Å². The average molecular weight is 482 g/mol. The number of anilines is 1. The van der Waals surface area contributed by atoms with Gasteiger partial charge < -0.3 is 19.9 Å². The van der Waals surface area contributed by atoms with Crippen LogP contribution in [0.15, 0.2) is 53.9 Å². The van der Waals surface area contributed by atoms with E-state index in [-0.39, 0.29) is 30.7 Å². The molecule has 2 aromatic carbocycles. The van der Waals surface area contributed by atoms with E-state index < -0.39 is 24.0 Å². The molecule has 0 aliphatic heterocycles. The van der Waals surface area contributed by atoms with E-state index in [1.807, 2.05) is 36.4 Å². The first-order valence-corrected chi connectivity index (χ1v) is 11.4. The summed E-state index contributed by atoms with van der Waals surface area (Å²) in [5.41, 5.74) is 4.92. The number of nitrogens with zero attached hydrogens (tertiary/aromatic N) is 1. The molecule has 10 heteroatoms. The fourth-order valence-corrected chi connectivity index (χ4v) is 4.61. The molecule has 1 atom stereocenters. The lowest BCUT2D eigenvalue weighted by molar-refractivity contribution is -0.143. The Labute approximate surface area is 199 Å². The molecule has 0 saturated heterocycles. The van der Waals surface area contributed by atoms with Gasteiger partial charge in [-0.1, -0.05) is 48.5 Å². The molecule has 1 heterocycles. The van der Waals surface area contributed by atoms with Gasteiger partial charge in [-0.15, -0.1) is 11.3 Å². The highest BCUT2D eigenvalue weighted by atomic mass is 32.1. The van der Waals surface area contributed by atoms with Crippen LogP contribution in [0.4, 0.5) is 9.93 Å². The largest absolute Gasteiger partial charge is 0.480 e. The van der Waals surface area contributed by atoms with Gasteiger partial charge in [0.25, 0.3) is 0 Å². The van der Waals surface area contributed by atoms with E-state index in [1.54, 1.807) is 5.38 Å². The Balaban J connectivity index is 1.32. The minimum atomic E-state index is -1.19. The van der Waals surface area contributed by atoms with Crippen molar-refractivity contribution >= 4 is 34.4 Å².